The van der Waals surface area contributed by atoms with Crippen molar-refractivity contribution in [2.24, 2.45) is 0 Å². The van der Waals surface area contributed by atoms with E-state index in [1.807, 2.05) is 24.3 Å². The highest BCUT2D eigenvalue weighted by Crippen LogP contribution is 2.37. The number of fused-ring (bicyclic) bond motifs is 1. The summed E-state index contributed by atoms with van der Waals surface area (Å²) < 4.78 is 11.2. The number of ether oxygens (including phenoxy) is 2. The SMILES string of the molecule is COc1nc(C(=O)NCC(=O)O)c(O)c2ccc(Oc3ccc(C(C)(C)C)cc3)cc12. The van der Waals surface area contributed by atoms with Gasteiger partial charge in [-0.15, -0.1) is 0 Å². The standard InChI is InChI=1S/C23H24N2O6/c1-23(2,3)13-5-7-14(8-6-13)31-15-9-10-16-17(11-15)22(30-4)25-19(20(16)28)21(29)24-12-18(26)27/h5-11,28H,12H2,1-4H3,(H,24,29)(H,26,27). The lowest BCUT2D eigenvalue weighted by atomic mass is 9.87. The van der Waals surface area contributed by atoms with E-state index in [2.05, 4.69) is 31.1 Å². The smallest absolute Gasteiger partial charge is 0.322 e. The zero-order valence-corrected chi connectivity index (χ0v) is 17.7. The van der Waals surface area contributed by atoms with E-state index in [1.165, 1.54) is 12.7 Å². The normalized spacial score (nSPS) is 11.2. The number of carbonyl (C=O) groups is 2. The van der Waals surface area contributed by atoms with Crippen molar-refractivity contribution in [3.63, 3.8) is 0 Å². The third-order valence-electron chi connectivity index (χ3n) is 4.68. The maximum atomic E-state index is 12.2. The van der Waals surface area contributed by atoms with Gasteiger partial charge >= 0.3 is 5.97 Å². The minimum atomic E-state index is -1.21. The molecule has 0 saturated heterocycles. The lowest BCUT2D eigenvalue weighted by Gasteiger charge is -2.19. The van der Waals surface area contributed by atoms with Crippen molar-refractivity contribution in [2.45, 2.75) is 26.2 Å². The number of aromatic hydroxyl groups is 1. The maximum Gasteiger partial charge on any atom is 0.322 e. The van der Waals surface area contributed by atoms with E-state index >= 15 is 0 Å². The van der Waals surface area contributed by atoms with Crippen LogP contribution in [0.4, 0.5) is 0 Å². The van der Waals surface area contributed by atoms with Gasteiger partial charge < -0.3 is 25.0 Å². The van der Waals surface area contributed by atoms with Crippen LogP contribution in [0, 0.1) is 0 Å². The number of benzene rings is 2. The number of carboxylic acid groups (broad SMARTS) is 1. The summed E-state index contributed by atoms with van der Waals surface area (Å²) in [6, 6.07) is 12.7. The zero-order valence-electron chi connectivity index (χ0n) is 17.7. The molecule has 0 radical (unpaired) electrons. The summed E-state index contributed by atoms with van der Waals surface area (Å²) in [6.07, 6.45) is 0. The average molecular weight is 424 g/mol. The second kappa shape index (κ2) is 8.51. The summed E-state index contributed by atoms with van der Waals surface area (Å²) >= 11 is 0. The number of nitrogens with zero attached hydrogens (tertiary/aromatic N) is 1. The third kappa shape index (κ3) is 4.85. The molecule has 0 bridgehead atoms. The number of amides is 1. The molecule has 8 heteroatoms. The van der Waals surface area contributed by atoms with Crippen molar-refractivity contribution in [1.29, 1.82) is 0 Å². The lowest BCUT2D eigenvalue weighted by Crippen LogP contribution is -2.30. The van der Waals surface area contributed by atoms with Crippen LogP contribution in [0.3, 0.4) is 0 Å². The van der Waals surface area contributed by atoms with Crippen LogP contribution in [0.5, 0.6) is 23.1 Å². The molecule has 2 aromatic carbocycles. The van der Waals surface area contributed by atoms with Gasteiger partial charge in [-0.25, -0.2) is 4.98 Å². The van der Waals surface area contributed by atoms with E-state index in [-0.39, 0.29) is 22.7 Å². The minimum Gasteiger partial charge on any atom is -0.505 e. The highest BCUT2D eigenvalue weighted by atomic mass is 16.5. The molecule has 3 rings (SSSR count). The van der Waals surface area contributed by atoms with Crippen LogP contribution in [-0.4, -0.2) is 40.7 Å². The van der Waals surface area contributed by atoms with E-state index in [9.17, 15) is 14.7 Å². The monoisotopic (exact) mass is 424 g/mol. The lowest BCUT2D eigenvalue weighted by molar-refractivity contribution is -0.135. The Morgan fingerprint density at radius 1 is 1.03 bits per heavy atom. The molecule has 0 fully saturated rings. The molecule has 0 unspecified atom stereocenters. The molecule has 0 spiro atoms. The molecule has 1 heterocycles. The van der Waals surface area contributed by atoms with Crippen LogP contribution >= 0.6 is 0 Å². The van der Waals surface area contributed by atoms with Gasteiger partial charge in [0, 0.05) is 5.39 Å². The summed E-state index contributed by atoms with van der Waals surface area (Å²) in [5.41, 5.74) is 0.895. The van der Waals surface area contributed by atoms with Crippen LogP contribution in [-0.2, 0) is 10.2 Å². The molecular formula is C23H24N2O6. The number of rotatable bonds is 6. The average Bonchev–Trinajstić information content (AvgIpc) is 2.72. The number of nitrogens with one attached hydrogen (secondary N) is 1. The molecule has 1 aromatic heterocycles. The van der Waals surface area contributed by atoms with Gasteiger partial charge in [-0.2, -0.15) is 0 Å². The summed E-state index contributed by atoms with van der Waals surface area (Å²) in [4.78, 5) is 26.9. The van der Waals surface area contributed by atoms with Crippen molar-refractivity contribution < 1.29 is 29.3 Å². The first-order valence-corrected chi connectivity index (χ1v) is 9.59. The van der Waals surface area contributed by atoms with Crippen molar-refractivity contribution in [1.82, 2.24) is 10.3 Å². The summed E-state index contributed by atoms with van der Waals surface area (Å²) in [7, 11) is 1.39. The van der Waals surface area contributed by atoms with Gasteiger partial charge in [0.15, 0.2) is 11.4 Å². The Hall–Kier alpha value is -3.81. The Balaban J connectivity index is 1.94. The van der Waals surface area contributed by atoms with E-state index in [4.69, 9.17) is 14.6 Å². The van der Waals surface area contributed by atoms with Crippen molar-refractivity contribution in [3.05, 3.63) is 53.7 Å². The molecule has 0 aliphatic rings. The van der Waals surface area contributed by atoms with Crippen LogP contribution in [0.15, 0.2) is 42.5 Å². The largest absolute Gasteiger partial charge is 0.505 e. The van der Waals surface area contributed by atoms with Gasteiger partial charge in [0.25, 0.3) is 5.91 Å². The van der Waals surface area contributed by atoms with Crippen LogP contribution in [0.2, 0.25) is 0 Å². The number of carboxylic acids is 1. The highest BCUT2D eigenvalue weighted by Gasteiger charge is 2.21. The summed E-state index contributed by atoms with van der Waals surface area (Å²) in [5.74, 6) is -1.16. The van der Waals surface area contributed by atoms with Crippen molar-refractivity contribution in [2.75, 3.05) is 13.7 Å². The zero-order chi connectivity index (χ0) is 22.8. The predicted octanol–water partition coefficient (Wildman–Crippen LogP) is 3.85. The molecule has 31 heavy (non-hydrogen) atoms. The molecule has 1 amide bonds. The molecule has 3 aromatic rings. The predicted molar refractivity (Wildman–Crippen MR) is 115 cm³/mol. The first-order chi connectivity index (χ1) is 14.6. The van der Waals surface area contributed by atoms with Crippen LogP contribution < -0.4 is 14.8 Å². The van der Waals surface area contributed by atoms with Gasteiger partial charge in [-0.1, -0.05) is 32.9 Å². The highest BCUT2D eigenvalue weighted by molar-refractivity contribution is 6.04. The van der Waals surface area contributed by atoms with Gasteiger partial charge in [0.1, 0.15) is 18.0 Å². The fraction of sp³-hybridized carbons (Fsp3) is 0.261. The molecule has 0 aliphatic carbocycles. The van der Waals surface area contributed by atoms with Gasteiger partial charge in [0.2, 0.25) is 5.88 Å². The molecule has 8 nitrogen and oxygen atoms in total. The molecular weight excluding hydrogens is 400 g/mol. The van der Waals surface area contributed by atoms with Crippen LogP contribution in [0.25, 0.3) is 10.8 Å². The van der Waals surface area contributed by atoms with Crippen molar-refractivity contribution >= 4 is 22.6 Å². The molecule has 3 N–H and O–H groups in total. The third-order valence-corrected chi connectivity index (χ3v) is 4.68. The van der Waals surface area contributed by atoms with E-state index in [1.54, 1.807) is 18.2 Å². The number of aliphatic carboxylic acids is 1. The molecule has 0 saturated carbocycles. The minimum absolute atomic E-state index is 0.0342. The second-order valence-electron chi connectivity index (χ2n) is 7.98. The van der Waals surface area contributed by atoms with E-state index in [0.717, 1.165) is 0 Å². The Bertz CT molecular complexity index is 1130. The fourth-order valence-electron chi connectivity index (χ4n) is 3.03. The summed E-state index contributed by atoms with van der Waals surface area (Å²) in [6.45, 7) is 5.80. The number of hydrogen-bond donors (Lipinski definition) is 3. The Morgan fingerprint density at radius 3 is 2.26 bits per heavy atom. The summed E-state index contributed by atoms with van der Waals surface area (Å²) in [5, 5.41) is 22.2. The van der Waals surface area contributed by atoms with Gasteiger partial charge in [-0.05, 0) is 41.3 Å². The number of aromatic nitrogens is 1. The molecule has 0 atom stereocenters. The molecule has 0 aliphatic heterocycles. The Kier molecular flexibility index (Phi) is 6.01. The number of hydrogen-bond acceptors (Lipinski definition) is 6. The number of pyridine rings is 1. The van der Waals surface area contributed by atoms with E-state index in [0.29, 0.717) is 22.3 Å². The Morgan fingerprint density at radius 2 is 1.68 bits per heavy atom. The number of carbonyl (C=O) groups excluding carboxylic acids is 1. The number of methoxy groups -OCH3 is 1. The first-order valence-electron chi connectivity index (χ1n) is 9.59. The van der Waals surface area contributed by atoms with Crippen molar-refractivity contribution in [3.8, 4) is 23.1 Å². The second-order valence-corrected chi connectivity index (χ2v) is 7.98. The molecule has 162 valence electrons. The quantitative estimate of drug-likeness (QED) is 0.550. The topological polar surface area (TPSA) is 118 Å². The first kappa shape index (κ1) is 21.9. The fourth-order valence-corrected chi connectivity index (χ4v) is 3.03. The Labute approximate surface area is 179 Å². The van der Waals surface area contributed by atoms with Gasteiger partial charge in [-0.3, -0.25) is 9.59 Å². The van der Waals surface area contributed by atoms with Crippen LogP contribution in [0.1, 0.15) is 36.8 Å². The van der Waals surface area contributed by atoms with E-state index < -0.39 is 18.4 Å². The van der Waals surface area contributed by atoms with Gasteiger partial charge in [0.05, 0.1) is 12.5 Å². The maximum absolute atomic E-state index is 12.2.